The van der Waals surface area contributed by atoms with E-state index in [1.54, 1.807) is 12.1 Å². The molecule has 2 aromatic carbocycles. The molecule has 0 bridgehead atoms. The zero-order valence-electron chi connectivity index (χ0n) is 10.6. The molecule has 0 aliphatic carbocycles. The highest BCUT2D eigenvalue weighted by atomic mass is 19.1. The molecular weight excluding hydrogens is 241 g/mol. The fourth-order valence-corrected chi connectivity index (χ4v) is 2.40. The van der Waals surface area contributed by atoms with Gasteiger partial charge in [-0.3, -0.25) is 0 Å². The first-order chi connectivity index (χ1) is 9.31. The fourth-order valence-electron chi connectivity index (χ4n) is 2.40. The zero-order valence-corrected chi connectivity index (χ0v) is 10.6. The van der Waals surface area contributed by atoms with Crippen LogP contribution in [-0.2, 0) is 6.42 Å². The lowest BCUT2D eigenvalue weighted by atomic mass is 9.95. The minimum absolute atomic E-state index is 0.260. The van der Waals surface area contributed by atoms with Crippen LogP contribution in [-0.4, -0.2) is 13.2 Å². The van der Waals surface area contributed by atoms with Crippen LogP contribution in [0.1, 0.15) is 5.56 Å². The summed E-state index contributed by atoms with van der Waals surface area (Å²) < 4.78 is 18.7. The van der Waals surface area contributed by atoms with E-state index < -0.39 is 0 Å². The minimum Gasteiger partial charge on any atom is -0.493 e. The van der Waals surface area contributed by atoms with E-state index in [0.717, 1.165) is 13.0 Å². The van der Waals surface area contributed by atoms with E-state index in [1.165, 1.54) is 23.4 Å². The van der Waals surface area contributed by atoms with Crippen LogP contribution in [0.3, 0.4) is 0 Å². The summed E-state index contributed by atoms with van der Waals surface area (Å²) in [6.07, 6.45) is 0.999. The SMILES string of the molecule is Fc1cccc(OCC2CNc3ccccc3C2)c1. The van der Waals surface area contributed by atoms with Crippen LogP contribution >= 0.6 is 0 Å². The van der Waals surface area contributed by atoms with Gasteiger partial charge in [0, 0.05) is 24.2 Å². The lowest BCUT2D eigenvalue weighted by molar-refractivity contribution is 0.251. The summed E-state index contributed by atoms with van der Waals surface area (Å²) in [5.41, 5.74) is 2.53. The molecule has 1 heterocycles. The molecule has 2 aromatic rings. The number of hydrogen-bond donors (Lipinski definition) is 1. The van der Waals surface area contributed by atoms with Crippen molar-refractivity contribution in [2.24, 2.45) is 5.92 Å². The fraction of sp³-hybridized carbons (Fsp3) is 0.250. The Kier molecular flexibility index (Phi) is 3.36. The number of fused-ring (bicyclic) bond motifs is 1. The molecule has 0 aromatic heterocycles. The second-order valence-corrected chi connectivity index (χ2v) is 4.88. The van der Waals surface area contributed by atoms with Crippen LogP contribution in [0.15, 0.2) is 48.5 Å². The van der Waals surface area contributed by atoms with Crippen LogP contribution in [0, 0.1) is 11.7 Å². The standard InChI is InChI=1S/C16H16FNO/c17-14-5-3-6-15(9-14)19-11-12-8-13-4-1-2-7-16(13)18-10-12/h1-7,9,12,18H,8,10-11H2. The zero-order chi connectivity index (χ0) is 13.1. The molecule has 2 nitrogen and oxygen atoms in total. The first-order valence-corrected chi connectivity index (χ1v) is 6.51. The van der Waals surface area contributed by atoms with Gasteiger partial charge in [0.05, 0.1) is 6.61 Å². The first-order valence-electron chi connectivity index (χ1n) is 6.51. The lowest BCUT2D eigenvalue weighted by Crippen LogP contribution is -2.27. The first kappa shape index (κ1) is 12.0. The van der Waals surface area contributed by atoms with Crippen molar-refractivity contribution in [2.45, 2.75) is 6.42 Å². The summed E-state index contributed by atoms with van der Waals surface area (Å²) >= 11 is 0. The van der Waals surface area contributed by atoms with Crippen molar-refractivity contribution in [1.82, 2.24) is 0 Å². The van der Waals surface area contributed by atoms with Gasteiger partial charge < -0.3 is 10.1 Å². The van der Waals surface area contributed by atoms with Crippen molar-refractivity contribution in [2.75, 3.05) is 18.5 Å². The average Bonchev–Trinajstić information content (AvgIpc) is 2.45. The third-order valence-corrected chi connectivity index (χ3v) is 3.39. The van der Waals surface area contributed by atoms with E-state index in [9.17, 15) is 4.39 Å². The van der Waals surface area contributed by atoms with Crippen LogP contribution in [0.5, 0.6) is 5.75 Å². The van der Waals surface area contributed by atoms with Crippen LogP contribution in [0.2, 0.25) is 0 Å². The largest absolute Gasteiger partial charge is 0.493 e. The number of para-hydroxylation sites is 1. The maximum absolute atomic E-state index is 13.0. The van der Waals surface area contributed by atoms with Gasteiger partial charge in [-0.05, 0) is 30.2 Å². The van der Waals surface area contributed by atoms with Gasteiger partial charge in [-0.15, -0.1) is 0 Å². The van der Waals surface area contributed by atoms with E-state index >= 15 is 0 Å². The second-order valence-electron chi connectivity index (χ2n) is 4.88. The molecule has 3 rings (SSSR count). The Morgan fingerprint density at radius 3 is 2.95 bits per heavy atom. The summed E-state index contributed by atoms with van der Waals surface area (Å²) in [5, 5.41) is 3.41. The van der Waals surface area contributed by atoms with Gasteiger partial charge in [-0.1, -0.05) is 24.3 Å². The second kappa shape index (κ2) is 5.31. The quantitative estimate of drug-likeness (QED) is 0.908. The van der Waals surface area contributed by atoms with Crippen molar-refractivity contribution >= 4 is 5.69 Å². The molecular formula is C16H16FNO. The van der Waals surface area contributed by atoms with Crippen LogP contribution in [0.25, 0.3) is 0 Å². The Balaban J connectivity index is 1.61. The number of nitrogens with one attached hydrogen (secondary N) is 1. The number of rotatable bonds is 3. The monoisotopic (exact) mass is 257 g/mol. The number of anilines is 1. The molecule has 0 fully saturated rings. The number of ether oxygens (including phenoxy) is 1. The smallest absolute Gasteiger partial charge is 0.126 e. The van der Waals surface area contributed by atoms with Crippen molar-refractivity contribution in [1.29, 1.82) is 0 Å². The maximum atomic E-state index is 13.0. The number of benzene rings is 2. The van der Waals surface area contributed by atoms with Gasteiger partial charge in [0.15, 0.2) is 0 Å². The predicted molar refractivity (Wildman–Crippen MR) is 74.0 cm³/mol. The minimum atomic E-state index is -0.260. The van der Waals surface area contributed by atoms with Crippen molar-refractivity contribution in [3.05, 3.63) is 59.9 Å². The summed E-state index contributed by atoms with van der Waals surface area (Å²) in [6, 6.07) is 14.6. The molecule has 1 atom stereocenters. The van der Waals surface area contributed by atoms with Crippen molar-refractivity contribution < 1.29 is 9.13 Å². The highest BCUT2D eigenvalue weighted by molar-refractivity contribution is 5.53. The third-order valence-electron chi connectivity index (χ3n) is 3.39. The molecule has 1 aliphatic heterocycles. The number of halogens is 1. The van der Waals surface area contributed by atoms with Gasteiger partial charge in [-0.2, -0.15) is 0 Å². The summed E-state index contributed by atoms with van der Waals surface area (Å²) in [6.45, 7) is 1.50. The molecule has 98 valence electrons. The maximum Gasteiger partial charge on any atom is 0.126 e. The Labute approximate surface area is 112 Å². The Bertz CT molecular complexity index is 570. The van der Waals surface area contributed by atoms with Gasteiger partial charge >= 0.3 is 0 Å². The summed E-state index contributed by atoms with van der Waals surface area (Å²) in [7, 11) is 0. The van der Waals surface area contributed by atoms with Gasteiger partial charge in [0.2, 0.25) is 0 Å². The van der Waals surface area contributed by atoms with E-state index in [1.807, 2.05) is 6.07 Å². The van der Waals surface area contributed by atoms with Crippen molar-refractivity contribution in [3.8, 4) is 5.75 Å². The molecule has 3 heteroatoms. The lowest BCUT2D eigenvalue weighted by Gasteiger charge is -2.26. The molecule has 1 unspecified atom stereocenters. The van der Waals surface area contributed by atoms with E-state index in [-0.39, 0.29) is 5.82 Å². The molecule has 0 saturated carbocycles. The topological polar surface area (TPSA) is 21.3 Å². The average molecular weight is 257 g/mol. The Morgan fingerprint density at radius 2 is 2.05 bits per heavy atom. The normalized spacial score (nSPS) is 17.4. The predicted octanol–water partition coefficient (Wildman–Crippen LogP) is 3.49. The van der Waals surface area contributed by atoms with Crippen LogP contribution < -0.4 is 10.1 Å². The van der Waals surface area contributed by atoms with E-state index in [0.29, 0.717) is 18.3 Å². The Hall–Kier alpha value is -2.03. The molecule has 0 spiro atoms. The molecule has 1 aliphatic rings. The molecule has 0 saturated heterocycles. The van der Waals surface area contributed by atoms with Gasteiger partial charge in [0.1, 0.15) is 11.6 Å². The van der Waals surface area contributed by atoms with E-state index in [4.69, 9.17) is 4.74 Å². The summed E-state index contributed by atoms with van der Waals surface area (Å²) in [4.78, 5) is 0. The summed E-state index contributed by atoms with van der Waals surface area (Å²) in [5.74, 6) is 0.752. The Morgan fingerprint density at radius 1 is 1.16 bits per heavy atom. The molecule has 19 heavy (non-hydrogen) atoms. The van der Waals surface area contributed by atoms with Crippen molar-refractivity contribution in [3.63, 3.8) is 0 Å². The van der Waals surface area contributed by atoms with Crippen LogP contribution in [0.4, 0.5) is 10.1 Å². The molecule has 0 radical (unpaired) electrons. The van der Waals surface area contributed by atoms with Gasteiger partial charge in [-0.25, -0.2) is 4.39 Å². The molecule has 0 amide bonds. The highest BCUT2D eigenvalue weighted by Crippen LogP contribution is 2.24. The number of hydrogen-bond acceptors (Lipinski definition) is 2. The highest BCUT2D eigenvalue weighted by Gasteiger charge is 2.18. The third kappa shape index (κ3) is 2.87. The molecule has 1 N–H and O–H groups in total. The van der Waals surface area contributed by atoms with E-state index in [2.05, 4.69) is 23.5 Å². The van der Waals surface area contributed by atoms with Gasteiger partial charge in [0.25, 0.3) is 0 Å².